The molecule has 1 aliphatic carbocycles. The summed E-state index contributed by atoms with van der Waals surface area (Å²) in [4.78, 5) is 24.1. The largest absolute Gasteiger partial charge is 0.480 e. The van der Waals surface area contributed by atoms with Crippen molar-refractivity contribution < 1.29 is 14.7 Å². The second-order valence-electron chi connectivity index (χ2n) is 4.78. The number of amides is 1. The van der Waals surface area contributed by atoms with Gasteiger partial charge in [0.25, 0.3) is 0 Å². The first-order valence-electron chi connectivity index (χ1n) is 5.64. The number of carbonyl (C=O) groups is 2. The van der Waals surface area contributed by atoms with Gasteiger partial charge in [0.1, 0.15) is 6.04 Å². The molecule has 16 heavy (non-hydrogen) atoms. The number of carboxylic acid groups (broad SMARTS) is 1. The van der Waals surface area contributed by atoms with E-state index < -0.39 is 12.0 Å². The van der Waals surface area contributed by atoms with E-state index in [0.717, 1.165) is 12.8 Å². The van der Waals surface area contributed by atoms with E-state index in [-0.39, 0.29) is 18.4 Å². The third-order valence-corrected chi connectivity index (χ3v) is 2.69. The number of rotatable bonds is 6. The Morgan fingerprint density at radius 1 is 1.44 bits per heavy atom. The monoisotopic (exact) mass is 228 g/mol. The lowest BCUT2D eigenvalue weighted by Crippen LogP contribution is -2.47. The zero-order chi connectivity index (χ0) is 12.3. The van der Waals surface area contributed by atoms with Crippen molar-refractivity contribution in [1.29, 1.82) is 0 Å². The van der Waals surface area contributed by atoms with Crippen LogP contribution in [0.1, 0.15) is 26.7 Å². The van der Waals surface area contributed by atoms with Crippen molar-refractivity contribution in [1.82, 2.24) is 10.2 Å². The van der Waals surface area contributed by atoms with Crippen LogP contribution in [-0.2, 0) is 9.59 Å². The summed E-state index contributed by atoms with van der Waals surface area (Å²) in [6.45, 7) is 3.83. The molecule has 1 amide bonds. The standard InChI is InChI=1S/C11H20N2O3/c1-7(2)10(11(15)16)13(3)6-9(14)12-8-4-5-8/h7-8,10H,4-6H2,1-3H3,(H,12,14)(H,15,16). The summed E-state index contributed by atoms with van der Waals surface area (Å²) < 4.78 is 0. The Morgan fingerprint density at radius 2 is 2.00 bits per heavy atom. The molecule has 0 bridgehead atoms. The van der Waals surface area contributed by atoms with Crippen LogP contribution in [0.4, 0.5) is 0 Å². The third-order valence-electron chi connectivity index (χ3n) is 2.69. The van der Waals surface area contributed by atoms with Crippen LogP contribution in [0, 0.1) is 5.92 Å². The number of likely N-dealkylation sites (N-methyl/N-ethyl adjacent to an activating group) is 1. The van der Waals surface area contributed by atoms with Gasteiger partial charge in [0, 0.05) is 6.04 Å². The smallest absolute Gasteiger partial charge is 0.321 e. The van der Waals surface area contributed by atoms with Gasteiger partial charge in [-0.3, -0.25) is 14.5 Å². The molecule has 1 fully saturated rings. The summed E-state index contributed by atoms with van der Waals surface area (Å²) in [5, 5.41) is 11.9. The minimum absolute atomic E-state index is 0.0174. The molecule has 0 aromatic heterocycles. The topological polar surface area (TPSA) is 69.6 Å². The summed E-state index contributed by atoms with van der Waals surface area (Å²) in [7, 11) is 1.67. The van der Waals surface area contributed by atoms with Crippen molar-refractivity contribution in [3.8, 4) is 0 Å². The minimum atomic E-state index is -0.878. The molecule has 1 atom stereocenters. The van der Waals surface area contributed by atoms with E-state index in [9.17, 15) is 9.59 Å². The zero-order valence-corrected chi connectivity index (χ0v) is 10.1. The van der Waals surface area contributed by atoms with Gasteiger partial charge < -0.3 is 10.4 Å². The predicted octanol–water partition coefficient (Wildman–Crippen LogP) is 0.306. The van der Waals surface area contributed by atoms with Crippen molar-refractivity contribution >= 4 is 11.9 Å². The lowest BCUT2D eigenvalue weighted by Gasteiger charge is -2.26. The van der Waals surface area contributed by atoms with Crippen molar-refractivity contribution in [3.05, 3.63) is 0 Å². The van der Waals surface area contributed by atoms with Crippen LogP contribution in [-0.4, -0.2) is 47.6 Å². The maximum absolute atomic E-state index is 11.5. The fourth-order valence-corrected chi connectivity index (χ4v) is 1.81. The molecule has 5 nitrogen and oxygen atoms in total. The van der Waals surface area contributed by atoms with E-state index in [2.05, 4.69) is 5.32 Å². The first-order chi connectivity index (χ1) is 7.41. The first-order valence-corrected chi connectivity index (χ1v) is 5.64. The number of hydrogen-bond donors (Lipinski definition) is 2. The molecule has 0 radical (unpaired) electrons. The summed E-state index contributed by atoms with van der Waals surface area (Å²) in [5.41, 5.74) is 0. The highest BCUT2D eigenvalue weighted by molar-refractivity contribution is 5.80. The highest BCUT2D eigenvalue weighted by Gasteiger charge is 2.29. The highest BCUT2D eigenvalue weighted by atomic mass is 16.4. The molecule has 0 spiro atoms. The average molecular weight is 228 g/mol. The molecule has 0 aromatic carbocycles. The van der Waals surface area contributed by atoms with Gasteiger partial charge >= 0.3 is 5.97 Å². The Bertz CT molecular complexity index is 274. The van der Waals surface area contributed by atoms with Gasteiger partial charge in [-0.1, -0.05) is 13.8 Å². The fourth-order valence-electron chi connectivity index (χ4n) is 1.81. The van der Waals surface area contributed by atoms with Gasteiger partial charge in [0.2, 0.25) is 5.91 Å². The second kappa shape index (κ2) is 5.30. The quantitative estimate of drug-likeness (QED) is 0.686. The number of nitrogens with one attached hydrogen (secondary N) is 1. The second-order valence-corrected chi connectivity index (χ2v) is 4.78. The number of hydrogen-bond acceptors (Lipinski definition) is 3. The van der Waals surface area contributed by atoms with Gasteiger partial charge in [0.15, 0.2) is 0 Å². The van der Waals surface area contributed by atoms with Crippen LogP contribution >= 0.6 is 0 Å². The van der Waals surface area contributed by atoms with E-state index in [1.165, 1.54) is 0 Å². The van der Waals surface area contributed by atoms with Gasteiger partial charge in [-0.15, -0.1) is 0 Å². The molecule has 0 heterocycles. The predicted molar refractivity (Wildman–Crippen MR) is 60.1 cm³/mol. The Morgan fingerprint density at radius 3 is 2.38 bits per heavy atom. The van der Waals surface area contributed by atoms with Crippen LogP contribution in [0.3, 0.4) is 0 Å². The lowest BCUT2D eigenvalue weighted by molar-refractivity contribution is -0.145. The van der Waals surface area contributed by atoms with Crippen LogP contribution < -0.4 is 5.32 Å². The van der Waals surface area contributed by atoms with Crippen LogP contribution in [0.5, 0.6) is 0 Å². The van der Waals surface area contributed by atoms with E-state index in [4.69, 9.17) is 5.11 Å². The number of nitrogens with zero attached hydrogens (tertiary/aromatic N) is 1. The van der Waals surface area contributed by atoms with Crippen LogP contribution in [0.15, 0.2) is 0 Å². The Labute approximate surface area is 95.8 Å². The normalized spacial score (nSPS) is 17.6. The van der Waals surface area contributed by atoms with Crippen molar-refractivity contribution in [2.24, 2.45) is 5.92 Å². The molecule has 92 valence electrons. The minimum Gasteiger partial charge on any atom is -0.480 e. The van der Waals surface area contributed by atoms with Gasteiger partial charge in [-0.25, -0.2) is 0 Å². The molecule has 1 unspecified atom stereocenters. The molecular formula is C11H20N2O3. The molecule has 5 heteroatoms. The first kappa shape index (κ1) is 13.0. The lowest BCUT2D eigenvalue weighted by atomic mass is 10.0. The SMILES string of the molecule is CC(C)C(C(=O)O)N(C)CC(=O)NC1CC1. The zero-order valence-electron chi connectivity index (χ0n) is 10.1. The molecule has 0 aliphatic heterocycles. The van der Waals surface area contributed by atoms with E-state index >= 15 is 0 Å². The molecule has 0 aromatic rings. The van der Waals surface area contributed by atoms with E-state index in [1.807, 2.05) is 13.8 Å². The molecular weight excluding hydrogens is 208 g/mol. The Balaban J connectivity index is 2.43. The van der Waals surface area contributed by atoms with Crippen LogP contribution in [0.2, 0.25) is 0 Å². The van der Waals surface area contributed by atoms with Crippen LogP contribution in [0.25, 0.3) is 0 Å². The molecule has 1 aliphatic rings. The maximum atomic E-state index is 11.5. The summed E-state index contributed by atoms with van der Waals surface area (Å²) in [6.07, 6.45) is 2.09. The van der Waals surface area contributed by atoms with E-state index in [0.29, 0.717) is 6.04 Å². The number of carbonyl (C=O) groups excluding carboxylic acids is 1. The van der Waals surface area contributed by atoms with Gasteiger partial charge in [-0.2, -0.15) is 0 Å². The van der Waals surface area contributed by atoms with Crippen molar-refractivity contribution in [2.45, 2.75) is 38.8 Å². The third kappa shape index (κ3) is 3.81. The van der Waals surface area contributed by atoms with Gasteiger partial charge in [-0.05, 0) is 25.8 Å². The van der Waals surface area contributed by atoms with Crippen molar-refractivity contribution in [3.63, 3.8) is 0 Å². The fraction of sp³-hybridized carbons (Fsp3) is 0.818. The molecule has 0 saturated heterocycles. The molecule has 1 rings (SSSR count). The number of aliphatic carboxylic acids is 1. The summed E-state index contributed by atoms with van der Waals surface area (Å²) in [5.74, 6) is -0.982. The summed E-state index contributed by atoms with van der Waals surface area (Å²) in [6, 6.07) is -0.284. The van der Waals surface area contributed by atoms with Gasteiger partial charge in [0.05, 0.1) is 6.54 Å². The Hall–Kier alpha value is -1.10. The number of carboxylic acids is 1. The average Bonchev–Trinajstić information content (AvgIpc) is 2.85. The highest BCUT2D eigenvalue weighted by Crippen LogP contribution is 2.18. The Kier molecular flexibility index (Phi) is 4.29. The van der Waals surface area contributed by atoms with Crippen molar-refractivity contribution in [2.75, 3.05) is 13.6 Å². The van der Waals surface area contributed by atoms with E-state index in [1.54, 1.807) is 11.9 Å². The molecule has 1 saturated carbocycles. The molecule has 2 N–H and O–H groups in total. The maximum Gasteiger partial charge on any atom is 0.321 e. The summed E-state index contributed by atoms with van der Waals surface area (Å²) >= 11 is 0.